The van der Waals surface area contributed by atoms with E-state index in [2.05, 4.69) is 41.7 Å². The summed E-state index contributed by atoms with van der Waals surface area (Å²) >= 11 is 1.91. The van der Waals surface area contributed by atoms with E-state index in [1.165, 1.54) is 45.3 Å². The monoisotopic (exact) mass is 278 g/mol. The normalized spacial score (nSPS) is 25.4. The second-order valence-corrected chi connectivity index (χ2v) is 7.80. The van der Waals surface area contributed by atoms with Gasteiger partial charge >= 0.3 is 0 Å². The van der Waals surface area contributed by atoms with E-state index in [1.807, 2.05) is 11.3 Å². The largest absolute Gasteiger partial charge is 0.308 e. The lowest BCUT2D eigenvalue weighted by Crippen LogP contribution is -2.43. The van der Waals surface area contributed by atoms with Crippen molar-refractivity contribution in [3.63, 3.8) is 0 Å². The predicted molar refractivity (Wildman–Crippen MR) is 82.6 cm³/mol. The lowest BCUT2D eigenvalue weighted by atomic mass is 9.80. The third-order valence-corrected chi connectivity index (χ3v) is 5.84. The van der Waals surface area contributed by atoms with Crippen LogP contribution in [0.4, 0.5) is 0 Å². The van der Waals surface area contributed by atoms with E-state index in [4.69, 9.17) is 0 Å². The summed E-state index contributed by atoms with van der Waals surface area (Å²) in [4.78, 5) is 4.00. The summed E-state index contributed by atoms with van der Waals surface area (Å²) in [7, 11) is 2.24. The van der Waals surface area contributed by atoms with Crippen molar-refractivity contribution < 1.29 is 0 Å². The summed E-state index contributed by atoms with van der Waals surface area (Å²) in [5, 5.41) is 6.11. The fourth-order valence-electron chi connectivity index (χ4n) is 3.09. The minimum atomic E-state index is 0.497. The van der Waals surface area contributed by atoms with Crippen LogP contribution in [0.3, 0.4) is 0 Å². The molecule has 1 aromatic rings. The highest BCUT2D eigenvalue weighted by molar-refractivity contribution is 7.10. The molecule has 0 amide bonds. The summed E-state index contributed by atoms with van der Waals surface area (Å²) in [6.07, 6.45) is 5.49. The zero-order chi connectivity index (χ0) is 13.3. The average Bonchev–Trinajstić information content (AvgIpc) is 3.09. The molecule has 1 saturated heterocycles. The van der Waals surface area contributed by atoms with E-state index in [9.17, 15) is 0 Å². The molecule has 0 bridgehead atoms. The molecule has 3 rings (SSSR count). The highest BCUT2D eigenvalue weighted by atomic mass is 32.1. The maximum Gasteiger partial charge on any atom is 0.0443 e. The van der Waals surface area contributed by atoms with Gasteiger partial charge in [0.15, 0.2) is 0 Å². The number of rotatable bonds is 5. The summed E-state index contributed by atoms with van der Waals surface area (Å²) < 4.78 is 0. The first-order chi connectivity index (χ1) is 9.16. The Labute approximate surface area is 121 Å². The van der Waals surface area contributed by atoms with Gasteiger partial charge in [0.1, 0.15) is 0 Å². The fourth-order valence-corrected chi connectivity index (χ4v) is 3.98. The molecule has 1 N–H and O–H groups in total. The Morgan fingerprint density at radius 3 is 2.74 bits per heavy atom. The number of hydrogen-bond donors (Lipinski definition) is 1. The van der Waals surface area contributed by atoms with Gasteiger partial charge < -0.3 is 10.2 Å². The maximum atomic E-state index is 3.90. The standard InChI is InChI=1S/C16H26N2S/c1-16(7-9-18(2)10-8-16)12-17-15(13-5-6-13)14-4-3-11-19-14/h3-4,11,13,15,17H,5-10,12H2,1-2H3. The molecule has 106 valence electrons. The van der Waals surface area contributed by atoms with Crippen LogP contribution >= 0.6 is 11.3 Å². The molecule has 1 aliphatic carbocycles. The highest BCUT2D eigenvalue weighted by Crippen LogP contribution is 2.43. The topological polar surface area (TPSA) is 15.3 Å². The van der Waals surface area contributed by atoms with Crippen molar-refractivity contribution >= 4 is 11.3 Å². The molecule has 1 atom stereocenters. The molecule has 0 spiro atoms. The minimum absolute atomic E-state index is 0.497. The van der Waals surface area contributed by atoms with Gasteiger partial charge in [-0.05, 0) is 68.6 Å². The van der Waals surface area contributed by atoms with Crippen LogP contribution < -0.4 is 5.32 Å². The van der Waals surface area contributed by atoms with Gasteiger partial charge in [0, 0.05) is 17.5 Å². The van der Waals surface area contributed by atoms with Gasteiger partial charge in [-0.25, -0.2) is 0 Å². The van der Waals surface area contributed by atoms with E-state index in [0.717, 1.165) is 5.92 Å². The summed E-state index contributed by atoms with van der Waals surface area (Å²) in [5.74, 6) is 0.897. The Kier molecular flexibility index (Phi) is 3.97. The van der Waals surface area contributed by atoms with Crippen molar-refractivity contribution in [3.05, 3.63) is 22.4 Å². The van der Waals surface area contributed by atoms with Crippen molar-refractivity contribution in [2.24, 2.45) is 11.3 Å². The molecular weight excluding hydrogens is 252 g/mol. The van der Waals surface area contributed by atoms with Crippen molar-refractivity contribution in [3.8, 4) is 0 Å². The zero-order valence-electron chi connectivity index (χ0n) is 12.2. The molecule has 1 aromatic heterocycles. The van der Waals surface area contributed by atoms with Crippen LogP contribution in [0.5, 0.6) is 0 Å². The van der Waals surface area contributed by atoms with Crippen LogP contribution in [0.25, 0.3) is 0 Å². The second kappa shape index (κ2) is 5.55. The Morgan fingerprint density at radius 1 is 1.42 bits per heavy atom. The van der Waals surface area contributed by atoms with Crippen molar-refractivity contribution in [2.45, 2.75) is 38.6 Å². The molecule has 1 aliphatic heterocycles. The molecule has 0 radical (unpaired) electrons. The minimum Gasteiger partial charge on any atom is -0.308 e. The van der Waals surface area contributed by atoms with Gasteiger partial charge in [0.25, 0.3) is 0 Å². The number of nitrogens with one attached hydrogen (secondary N) is 1. The van der Waals surface area contributed by atoms with Gasteiger partial charge in [-0.3, -0.25) is 0 Å². The number of likely N-dealkylation sites (tertiary alicyclic amines) is 1. The first-order valence-corrected chi connectivity index (χ1v) is 8.50. The Bertz CT molecular complexity index is 389. The Hall–Kier alpha value is -0.380. The summed E-state index contributed by atoms with van der Waals surface area (Å²) in [6, 6.07) is 5.11. The van der Waals surface area contributed by atoms with Crippen LogP contribution in [-0.2, 0) is 0 Å². The van der Waals surface area contributed by atoms with Gasteiger partial charge in [0.05, 0.1) is 0 Å². The SMILES string of the molecule is CN1CCC(C)(CNC(c2cccs2)C2CC2)CC1. The molecule has 2 heterocycles. The third-order valence-electron chi connectivity index (χ3n) is 4.89. The average molecular weight is 278 g/mol. The number of hydrogen-bond acceptors (Lipinski definition) is 3. The molecule has 1 saturated carbocycles. The third kappa shape index (κ3) is 3.39. The van der Waals surface area contributed by atoms with Crippen molar-refractivity contribution in [2.75, 3.05) is 26.7 Å². The highest BCUT2D eigenvalue weighted by Gasteiger charge is 2.35. The van der Waals surface area contributed by atoms with E-state index in [-0.39, 0.29) is 0 Å². The van der Waals surface area contributed by atoms with Crippen LogP contribution in [0.15, 0.2) is 17.5 Å². The van der Waals surface area contributed by atoms with Gasteiger partial charge in [0.2, 0.25) is 0 Å². The lowest BCUT2D eigenvalue weighted by Gasteiger charge is -2.39. The molecule has 2 nitrogen and oxygen atoms in total. The lowest BCUT2D eigenvalue weighted by molar-refractivity contribution is 0.132. The van der Waals surface area contributed by atoms with Crippen molar-refractivity contribution in [1.82, 2.24) is 10.2 Å². The van der Waals surface area contributed by atoms with Gasteiger partial charge in [-0.15, -0.1) is 11.3 Å². The van der Waals surface area contributed by atoms with Crippen LogP contribution in [0, 0.1) is 11.3 Å². The number of nitrogens with zero attached hydrogens (tertiary/aromatic N) is 1. The molecule has 1 unspecified atom stereocenters. The summed E-state index contributed by atoms with van der Waals surface area (Å²) in [6.45, 7) is 6.15. The molecule has 2 aliphatic rings. The van der Waals surface area contributed by atoms with Crippen molar-refractivity contribution in [1.29, 1.82) is 0 Å². The zero-order valence-corrected chi connectivity index (χ0v) is 13.0. The van der Waals surface area contributed by atoms with Crippen LogP contribution in [-0.4, -0.2) is 31.6 Å². The van der Waals surface area contributed by atoms with E-state index in [1.54, 1.807) is 4.88 Å². The first-order valence-electron chi connectivity index (χ1n) is 7.62. The van der Waals surface area contributed by atoms with Crippen LogP contribution in [0.2, 0.25) is 0 Å². The molecule has 19 heavy (non-hydrogen) atoms. The quantitative estimate of drug-likeness (QED) is 0.886. The molecule has 2 fully saturated rings. The second-order valence-electron chi connectivity index (χ2n) is 6.83. The van der Waals surface area contributed by atoms with E-state index >= 15 is 0 Å². The van der Waals surface area contributed by atoms with Gasteiger partial charge in [-0.1, -0.05) is 13.0 Å². The van der Waals surface area contributed by atoms with E-state index in [0.29, 0.717) is 11.5 Å². The Morgan fingerprint density at radius 2 is 2.16 bits per heavy atom. The van der Waals surface area contributed by atoms with E-state index < -0.39 is 0 Å². The smallest absolute Gasteiger partial charge is 0.0443 e. The fraction of sp³-hybridized carbons (Fsp3) is 0.750. The van der Waals surface area contributed by atoms with Gasteiger partial charge in [-0.2, -0.15) is 0 Å². The molecule has 0 aromatic carbocycles. The summed E-state index contributed by atoms with van der Waals surface area (Å²) in [5.41, 5.74) is 0.497. The number of piperidine rings is 1. The maximum absolute atomic E-state index is 3.90. The molecule has 3 heteroatoms. The Balaban J connectivity index is 1.58. The molecular formula is C16H26N2S. The predicted octanol–water partition coefficient (Wildman–Crippen LogP) is 3.52. The van der Waals surface area contributed by atoms with Crippen LogP contribution in [0.1, 0.15) is 43.5 Å². The number of thiophene rings is 1. The first kappa shape index (κ1) is 13.6.